The van der Waals surface area contributed by atoms with Crippen LogP contribution in [0.15, 0.2) is 164 Å². The molecule has 0 saturated carbocycles. The van der Waals surface area contributed by atoms with Gasteiger partial charge in [0.2, 0.25) is 0 Å². The van der Waals surface area contributed by atoms with E-state index in [9.17, 15) is 0 Å². The van der Waals surface area contributed by atoms with Gasteiger partial charge in [0.25, 0.3) is 0 Å². The van der Waals surface area contributed by atoms with Gasteiger partial charge in [0.05, 0.1) is 22.4 Å². The number of allylic oxidation sites excluding steroid dienone is 1. The van der Waals surface area contributed by atoms with E-state index >= 15 is 0 Å². The number of aromatic nitrogens is 1. The van der Waals surface area contributed by atoms with Gasteiger partial charge < -0.3 is 9.47 Å². The van der Waals surface area contributed by atoms with Crippen LogP contribution in [0.1, 0.15) is 64.3 Å². The second kappa shape index (κ2) is 14.6. The molecule has 0 radical (unpaired) electrons. The molecule has 2 heterocycles. The van der Waals surface area contributed by atoms with Gasteiger partial charge in [-0.3, -0.25) is 0 Å². The summed E-state index contributed by atoms with van der Waals surface area (Å²) >= 11 is 0. The van der Waals surface area contributed by atoms with E-state index in [2.05, 4.69) is 218 Å². The number of nitrogens with zero attached hydrogens (tertiary/aromatic N) is 2. The van der Waals surface area contributed by atoms with Crippen molar-refractivity contribution in [2.24, 2.45) is 0 Å². The van der Waals surface area contributed by atoms with E-state index in [1.165, 1.54) is 77.6 Å². The van der Waals surface area contributed by atoms with E-state index in [4.69, 9.17) is 0 Å². The first-order chi connectivity index (χ1) is 27.1. The van der Waals surface area contributed by atoms with Crippen molar-refractivity contribution in [1.29, 1.82) is 0 Å². The topological polar surface area (TPSA) is 8.17 Å². The molecule has 0 unspecified atom stereocenters. The highest BCUT2D eigenvalue weighted by Gasteiger charge is 2.25. The summed E-state index contributed by atoms with van der Waals surface area (Å²) in [7, 11) is 0. The molecule has 1 aromatic heterocycles. The highest BCUT2D eigenvalue weighted by atomic mass is 15.2. The number of hydrogen-bond acceptors (Lipinski definition) is 1. The fourth-order valence-electron chi connectivity index (χ4n) is 8.20. The Labute approximate surface area is 324 Å². The van der Waals surface area contributed by atoms with E-state index in [-0.39, 0.29) is 0 Å². The highest BCUT2D eigenvalue weighted by molar-refractivity contribution is 6.17. The van der Waals surface area contributed by atoms with Crippen molar-refractivity contribution in [3.63, 3.8) is 0 Å². The van der Waals surface area contributed by atoms with Gasteiger partial charge in [0.1, 0.15) is 0 Å². The van der Waals surface area contributed by atoms with Crippen LogP contribution >= 0.6 is 0 Å². The average molecular weight is 709 g/mol. The third-order valence-corrected chi connectivity index (χ3v) is 11.0. The zero-order chi connectivity index (χ0) is 37.3. The molecule has 0 bridgehead atoms. The van der Waals surface area contributed by atoms with E-state index in [1.54, 1.807) is 0 Å². The smallest absolute Gasteiger partial charge is 0.0634 e. The van der Waals surface area contributed by atoms with Crippen LogP contribution in [-0.2, 0) is 0 Å². The third-order valence-electron chi connectivity index (χ3n) is 11.0. The van der Waals surface area contributed by atoms with Gasteiger partial charge in [-0.15, -0.1) is 0 Å². The molecule has 0 saturated heterocycles. The molecule has 266 valence electrons. The summed E-state index contributed by atoms with van der Waals surface area (Å²) in [4.78, 5) is 2.42. The van der Waals surface area contributed by atoms with Crippen LogP contribution in [0.3, 0.4) is 0 Å². The molecule has 2 heteroatoms. The van der Waals surface area contributed by atoms with Crippen LogP contribution in [0, 0.1) is 13.8 Å². The molecule has 0 fully saturated rings. The van der Waals surface area contributed by atoms with Gasteiger partial charge in [-0.05, 0) is 95.6 Å². The predicted molar refractivity (Wildman–Crippen MR) is 238 cm³/mol. The summed E-state index contributed by atoms with van der Waals surface area (Å²) in [5, 5.41) is 2.48. The number of fused-ring (bicyclic) bond motifs is 6. The number of rotatable bonds is 8. The van der Waals surface area contributed by atoms with Crippen LogP contribution < -0.4 is 4.90 Å². The molecule has 0 atom stereocenters. The molecule has 0 spiro atoms. The van der Waals surface area contributed by atoms with Gasteiger partial charge in [-0.2, -0.15) is 0 Å². The lowest BCUT2D eigenvalue weighted by Gasteiger charge is -2.27. The molecule has 9 rings (SSSR count). The summed E-state index contributed by atoms with van der Waals surface area (Å²) in [6, 6.07) is 57.4. The van der Waals surface area contributed by atoms with Crippen LogP contribution in [0.5, 0.6) is 0 Å². The number of para-hydroxylation sites is 2. The standard InChI is InChI=1S/C53H44N2/c1-4-5-23-46(40-18-8-6-9-19-40)41-26-30-44(31-27-41)55-52-45(33-28-39-17-13-12-16-37(39)2)38(3)25-32-47(52)48-35-36-51-49(53(48)55)34-29-42-20-14-15-24-50(42)54(51)43-21-10-7-11-22-43/h6-36H,4-5H2,1-3H3/b33-28-,46-23+. The number of hydrogen-bond donors (Lipinski definition) is 0. The SMILES string of the molecule is CCC/C=C(\c1ccccc1)c1ccc(-n2c3c4c(ccc3c3ccc(C)c(/C=C\c5ccccc5C)c32)N(c2ccccc2)c2ccccc2C=C4)cc1. The Balaban J connectivity index is 1.34. The van der Waals surface area contributed by atoms with Crippen molar-refractivity contribution >= 4 is 68.7 Å². The zero-order valence-electron chi connectivity index (χ0n) is 31.7. The van der Waals surface area contributed by atoms with Crippen molar-refractivity contribution in [3.05, 3.63) is 208 Å². The van der Waals surface area contributed by atoms with E-state index in [0.29, 0.717) is 0 Å². The Morgan fingerprint density at radius 3 is 1.98 bits per heavy atom. The Morgan fingerprint density at radius 2 is 1.20 bits per heavy atom. The molecule has 0 aliphatic carbocycles. The Bertz CT molecular complexity index is 2760. The fraction of sp³-hybridized carbons (Fsp3) is 0.0943. The van der Waals surface area contributed by atoms with Crippen molar-refractivity contribution in [1.82, 2.24) is 4.57 Å². The van der Waals surface area contributed by atoms with Crippen LogP contribution in [0.2, 0.25) is 0 Å². The minimum atomic E-state index is 1.04. The zero-order valence-corrected chi connectivity index (χ0v) is 31.7. The van der Waals surface area contributed by atoms with Crippen LogP contribution in [-0.4, -0.2) is 4.57 Å². The van der Waals surface area contributed by atoms with Crippen molar-refractivity contribution in [2.75, 3.05) is 4.90 Å². The Hall–Kier alpha value is -6.64. The molecule has 0 amide bonds. The number of benzene rings is 7. The highest BCUT2D eigenvalue weighted by Crippen LogP contribution is 2.47. The Morgan fingerprint density at radius 1 is 0.527 bits per heavy atom. The first-order valence-electron chi connectivity index (χ1n) is 19.4. The molecular weight excluding hydrogens is 665 g/mol. The summed E-state index contributed by atoms with van der Waals surface area (Å²) < 4.78 is 2.53. The number of anilines is 3. The molecule has 55 heavy (non-hydrogen) atoms. The quantitative estimate of drug-likeness (QED) is 0.143. The first kappa shape index (κ1) is 34.1. The van der Waals surface area contributed by atoms with E-state index in [0.717, 1.165) is 29.9 Å². The second-order valence-corrected chi connectivity index (χ2v) is 14.5. The normalized spacial score (nSPS) is 12.7. The van der Waals surface area contributed by atoms with Crippen molar-refractivity contribution < 1.29 is 0 Å². The predicted octanol–water partition coefficient (Wildman–Crippen LogP) is 14.8. The van der Waals surface area contributed by atoms with E-state index < -0.39 is 0 Å². The maximum Gasteiger partial charge on any atom is 0.0634 e. The minimum Gasteiger partial charge on any atom is -0.309 e. The lowest BCUT2D eigenvalue weighted by Crippen LogP contribution is -2.12. The molecule has 7 aromatic carbocycles. The van der Waals surface area contributed by atoms with Gasteiger partial charge in [-0.25, -0.2) is 0 Å². The summed E-state index contributed by atoms with van der Waals surface area (Å²) in [6.45, 7) is 6.66. The molecule has 2 nitrogen and oxygen atoms in total. The Kier molecular flexibility index (Phi) is 9.09. The van der Waals surface area contributed by atoms with E-state index in [1.807, 2.05) is 0 Å². The summed E-state index contributed by atoms with van der Waals surface area (Å²) in [5.74, 6) is 0. The minimum absolute atomic E-state index is 1.04. The number of unbranched alkanes of at least 4 members (excludes halogenated alkanes) is 1. The fourth-order valence-corrected chi connectivity index (χ4v) is 8.20. The van der Waals surface area contributed by atoms with Crippen LogP contribution in [0.4, 0.5) is 17.1 Å². The van der Waals surface area contributed by atoms with Gasteiger partial charge >= 0.3 is 0 Å². The largest absolute Gasteiger partial charge is 0.309 e. The van der Waals surface area contributed by atoms with Crippen molar-refractivity contribution in [2.45, 2.75) is 33.6 Å². The second-order valence-electron chi connectivity index (χ2n) is 14.5. The average Bonchev–Trinajstić information content (AvgIpc) is 3.46. The summed E-state index contributed by atoms with van der Waals surface area (Å²) in [6.07, 6.45) is 13.8. The van der Waals surface area contributed by atoms with Crippen molar-refractivity contribution in [3.8, 4) is 5.69 Å². The van der Waals surface area contributed by atoms with Gasteiger partial charge in [0, 0.05) is 33.3 Å². The van der Waals surface area contributed by atoms with Gasteiger partial charge in [0.15, 0.2) is 0 Å². The van der Waals surface area contributed by atoms with Gasteiger partial charge in [-0.1, -0.05) is 165 Å². The number of aryl methyl sites for hydroxylation is 2. The molecule has 0 N–H and O–H groups in total. The third kappa shape index (κ3) is 6.20. The lowest BCUT2D eigenvalue weighted by atomic mass is 9.96. The lowest BCUT2D eigenvalue weighted by molar-refractivity contribution is 0.960. The molecule has 8 aromatic rings. The molecule has 1 aliphatic heterocycles. The first-order valence-corrected chi connectivity index (χ1v) is 19.4. The maximum absolute atomic E-state index is 2.53. The maximum atomic E-state index is 2.53. The van der Waals surface area contributed by atoms with Crippen LogP contribution in [0.25, 0.3) is 57.4 Å². The summed E-state index contributed by atoms with van der Waals surface area (Å²) in [5.41, 5.74) is 18.1. The molecular formula is C53H44N2. The molecule has 1 aliphatic rings. The monoisotopic (exact) mass is 708 g/mol.